The van der Waals surface area contributed by atoms with Gasteiger partial charge in [-0.15, -0.1) is 0 Å². The number of carboxylic acid groups (broad SMARTS) is 1. The highest BCUT2D eigenvalue weighted by Gasteiger charge is 2.52. The van der Waals surface area contributed by atoms with E-state index < -0.39 is 73.3 Å². The van der Waals surface area contributed by atoms with Gasteiger partial charge in [0.25, 0.3) is 35.7 Å². The van der Waals surface area contributed by atoms with Crippen molar-refractivity contribution in [1.82, 2.24) is 0 Å². The lowest BCUT2D eigenvalue weighted by molar-refractivity contribution is -0.458. The maximum absolute atomic E-state index is 13.0. The summed E-state index contributed by atoms with van der Waals surface area (Å²) in [4.78, 5) is 12.9. The van der Waals surface area contributed by atoms with Gasteiger partial charge in [0.2, 0.25) is 5.69 Å². The van der Waals surface area contributed by atoms with E-state index in [1.165, 1.54) is 16.7 Å². The summed E-state index contributed by atoms with van der Waals surface area (Å²) in [6.45, 7) is 6.08. The second-order valence-electron chi connectivity index (χ2n) is 16.6. The number of carboxylic acids is 1. The first kappa shape index (κ1) is 55.0. The topological polar surface area (TPSA) is 261 Å². The second-order valence-corrected chi connectivity index (χ2v) is 25.2. The zero-order valence-corrected chi connectivity index (χ0v) is 43.9. The Morgan fingerprint density at radius 3 is 1.97 bits per heavy atom. The highest BCUT2D eigenvalue weighted by atomic mass is 127. The number of hydrogen-bond donors (Lipinski definition) is 5. The van der Waals surface area contributed by atoms with E-state index in [0.717, 1.165) is 36.6 Å². The number of nitrogens with zero attached hydrogens (tertiary/aromatic N) is 2. The molecule has 3 unspecified atom stereocenters. The largest absolute Gasteiger partial charge is 0.481 e. The molecule has 2 aromatic rings. The third-order valence-electron chi connectivity index (χ3n) is 11.7. The molecule has 0 aliphatic carbocycles. The monoisotopic (exact) mass is 1210 g/mol. The molecular weight excluding hydrogens is 1150 g/mol. The van der Waals surface area contributed by atoms with Crippen LogP contribution in [0, 0.1) is 7.14 Å². The van der Waals surface area contributed by atoms with Crippen LogP contribution in [0.5, 0.6) is 0 Å². The molecule has 0 radical (unpaired) electrons. The van der Waals surface area contributed by atoms with E-state index >= 15 is 0 Å². The van der Waals surface area contributed by atoms with E-state index in [9.17, 15) is 61.8 Å². The number of fused-ring (bicyclic) bond motifs is 2. The number of aliphatic carboxylic acids is 1. The van der Waals surface area contributed by atoms with Gasteiger partial charge in [0.05, 0.1) is 21.8 Å². The fraction of sp³-hybridized carbons (Fsp3) is 0.488. The zero-order chi connectivity index (χ0) is 48.6. The smallest absolute Gasteiger partial charge is 0.329 e. The van der Waals surface area contributed by atoms with Gasteiger partial charge >= 0.3 is 16.1 Å². The van der Waals surface area contributed by atoms with Crippen LogP contribution < -0.4 is 4.90 Å². The summed E-state index contributed by atoms with van der Waals surface area (Å²) in [6, 6.07) is 7.91. The van der Waals surface area contributed by atoms with Gasteiger partial charge in [0.15, 0.2) is 5.71 Å². The molecule has 0 spiro atoms. The summed E-state index contributed by atoms with van der Waals surface area (Å²) in [7, 11) is -17.9. The van der Waals surface area contributed by atoms with Gasteiger partial charge in [-0.25, -0.2) is 0 Å². The summed E-state index contributed by atoms with van der Waals surface area (Å²) in [5.41, 5.74) is 2.33. The van der Waals surface area contributed by atoms with Crippen molar-refractivity contribution < 1.29 is 66.4 Å². The first-order valence-electron chi connectivity index (χ1n) is 21.0. The quantitative estimate of drug-likeness (QED) is 0.0205. The Labute approximate surface area is 410 Å². The number of unbranched alkanes of at least 4 members (excludes halogenated alkanes) is 4. The van der Waals surface area contributed by atoms with Crippen LogP contribution in [0.1, 0.15) is 109 Å². The molecule has 0 saturated carbocycles. The molecule has 0 fully saturated rings. The van der Waals surface area contributed by atoms with E-state index in [-0.39, 0.29) is 50.0 Å². The number of rotatable bonds is 25. The van der Waals surface area contributed by atoms with Crippen LogP contribution in [0.15, 0.2) is 83.5 Å². The molecular formula is C43H57I2N2O14S4+. The van der Waals surface area contributed by atoms with Gasteiger partial charge in [-0.05, 0) is 134 Å². The van der Waals surface area contributed by atoms with Crippen LogP contribution in [0.2, 0.25) is 0 Å². The maximum Gasteiger partial charge on any atom is 0.329 e. The van der Waals surface area contributed by atoms with Crippen LogP contribution in [0.3, 0.4) is 0 Å². The average molecular weight is 1210 g/mol. The van der Waals surface area contributed by atoms with Gasteiger partial charge in [0, 0.05) is 66.6 Å². The SMILES string of the molecule is CCCC([N+]1=C(C=CC=CC=CC=C2N(CCCCS(=O)(=O)O)c3cc(I)cc(I)c3C2(C)CCCCCC(=O)O)C(C)(CCCCS(=O)(=O)O)c2cc(S(=O)(=O)O)ccc21)S(=O)(=O)O. The first-order chi connectivity index (χ1) is 30.1. The minimum atomic E-state index is -4.75. The molecule has 22 heteroatoms. The minimum absolute atomic E-state index is 0.0113. The fourth-order valence-corrected chi connectivity index (χ4v) is 13.8. The summed E-state index contributed by atoms with van der Waals surface area (Å²) in [6.07, 6.45) is 16.6. The zero-order valence-electron chi connectivity index (χ0n) is 36.3. The van der Waals surface area contributed by atoms with Crippen molar-refractivity contribution in [2.75, 3.05) is 23.0 Å². The summed E-state index contributed by atoms with van der Waals surface area (Å²) in [5, 5.41) is 7.71. The number of benzene rings is 2. The lowest BCUT2D eigenvalue weighted by Gasteiger charge is -2.31. The van der Waals surface area contributed by atoms with Gasteiger partial charge < -0.3 is 10.0 Å². The number of halogens is 2. The lowest BCUT2D eigenvalue weighted by atomic mass is 9.75. The van der Waals surface area contributed by atoms with E-state index in [4.69, 9.17) is 0 Å². The van der Waals surface area contributed by atoms with Gasteiger partial charge in [-0.2, -0.15) is 38.2 Å². The minimum Gasteiger partial charge on any atom is -0.481 e. The predicted molar refractivity (Wildman–Crippen MR) is 267 cm³/mol. The normalized spacial score (nSPS) is 20.5. The van der Waals surface area contributed by atoms with E-state index in [2.05, 4.69) is 69.1 Å². The summed E-state index contributed by atoms with van der Waals surface area (Å²) < 4.78 is 139. The average Bonchev–Trinajstić information content (AvgIpc) is 3.55. The highest BCUT2D eigenvalue weighted by Crippen LogP contribution is 2.53. The van der Waals surface area contributed by atoms with Crippen LogP contribution in [-0.2, 0) is 56.1 Å². The fourth-order valence-electron chi connectivity index (χ4n) is 8.73. The summed E-state index contributed by atoms with van der Waals surface area (Å²) >= 11 is 4.59. The predicted octanol–water partition coefficient (Wildman–Crippen LogP) is 8.60. The molecule has 0 bridgehead atoms. The lowest BCUT2D eigenvalue weighted by Crippen LogP contribution is -2.37. The number of hydrogen-bond acceptors (Lipinski definition) is 10. The molecule has 2 heterocycles. The molecule has 16 nitrogen and oxygen atoms in total. The molecule has 360 valence electrons. The van der Waals surface area contributed by atoms with E-state index in [1.807, 2.05) is 12.2 Å². The molecule has 5 N–H and O–H groups in total. The summed E-state index contributed by atoms with van der Waals surface area (Å²) in [5.74, 6) is -1.75. The number of carbonyl (C=O) groups is 1. The van der Waals surface area contributed by atoms with Crippen molar-refractivity contribution in [3.8, 4) is 0 Å². The molecule has 0 aromatic heterocycles. The van der Waals surface area contributed by atoms with Gasteiger partial charge in [-0.3, -0.25) is 23.0 Å². The third kappa shape index (κ3) is 14.7. The molecule has 2 aromatic carbocycles. The van der Waals surface area contributed by atoms with Crippen molar-refractivity contribution in [2.45, 2.75) is 119 Å². The highest BCUT2D eigenvalue weighted by molar-refractivity contribution is 14.1. The molecule has 3 atom stereocenters. The Balaban J connectivity index is 1.78. The third-order valence-corrected chi connectivity index (χ3v) is 16.8. The molecule has 2 aliphatic heterocycles. The van der Waals surface area contributed by atoms with E-state index in [0.29, 0.717) is 49.9 Å². The Morgan fingerprint density at radius 2 is 1.37 bits per heavy atom. The molecule has 4 rings (SSSR count). The molecule has 0 saturated heterocycles. The van der Waals surface area contributed by atoms with Crippen molar-refractivity contribution in [1.29, 1.82) is 0 Å². The van der Waals surface area contributed by atoms with Crippen molar-refractivity contribution in [3.05, 3.63) is 96.8 Å². The van der Waals surface area contributed by atoms with Crippen molar-refractivity contribution in [2.24, 2.45) is 0 Å². The number of anilines is 1. The number of allylic oxidation sites excluding steroid dienone is 8. The van der Waals surface area contributed by atoms with Crippen LogP contribution in [0.4, 0.5) is 11.4 Å². The van der Waals surface area contributed by atoms with Crippen LogP contribution in [-0.4, -0.2) is 96.7 Å². The standard InChI is InChI=1S/C43H56I2N2O14S4/c1-4-17-39(65(59,60)61)47-35-22-21-32(64(56,57)58)30-33(35)42(2,23-13-15-26-62(50,51)52)38(47)19-10-7-5-6-9-18-37-43(3,24-12-8-11-20-40(48)49)41-34(45)28-31(44)29-36(41)46(37)25-14-16-27-63(53,54)55/h5-7,9-10,18-19,21-22,28-30,39H,4,8,11-17,20,23-27H2,1-3H3,(H4-,48,49,50,51,52,53,54,55,56,57,58,59,60,61)/p+1. The molecule has 65 heavy (non-hydrogen) atoms. The van der Waals surface area contributed by atoms with E-state index in [1.54, 1.807) is 44.2 Å². The second kappa shape index (κ2) is 22.7. The Bertz CT molecular complexity index is 2720. The Morgan fingerprint density at radius 1 is 0.769 bits per heavy atom. The molecule has 0 amide bonds. The van der Waals surface area contributed by atoms with Gasteiger partial charge in [0.1, 0.15) is 0 Å². The van der Waals surface area contributed by atoms with Crippen molar-refractivity contribution >= 4 is 109 Å². The Hall–Kier alpha value is -2.56. The van der Waals surface area contributed by atoms with Crippen LogP contribution in [0.25, 0.3) is 0 Å². The van der Waals surface area contributed by atoms with Gasteiger partial charge in [-0.1, -0.05) is 56.6 Å². The Kier molecular flexibility index (Phi) is 19.2. The first-order valence-corrected chi connectivity index (χ1v) is 29.3. The van der Waals surface area contributed by atoms with Crippen molar-refractivity contribution in [3.63, 3.8) is 0 Å². The molecule has 2 aliphatic rings. The van der Waals surface area contributed by atoms with Crippen LogP contribution >= 0.6 is 45.2 Å². The maximum atomic E-state index is 13.0.